The first-order chi connectivity index (χ1) is 13.1. The number of hydrogen-bond donors (Lipinski definition) is 2. The van der Waals surface area contributed by atoms with Crippen LogP contribution >= 0.6 is 0 Å². The third kappa shape index (κ3) is 3.74. The summed E-state index contributed by atoms with van der Waals surface area (Å²) in [5, 5.41) is 9.78. The van der Waals surface area contributed by atoms with Gasteiger partial charge in [0.15, 0.2) is 0 Å². The summed E-state index contributed by atoms with van der Waals surface area (Å²) >= 11 is 0. The summed E-state index contributed by atoms with van der Waals surface area (Å²) in [7, 11) is 0. The molecule has 6 heteroatoms. The number of anilines is 2. The van der Waals surface area contributed by atoms with E-state index < -0.39 is 0 Å². The van der Waals surface area contributed by atoms with Crippen LogP contribution in [0.4, 0.5) is 11.4 Å². The maximum Gasteiger partial charge on any atom is 0.261 e. The smallest absolute Gasteiger partial charge is 0.261 e. The van der Waals surface area contributed by atoms with Crippen molar-refractivity contribution in [1.82, 2.24) is 5.16 Å². The minimum atomic E-state index is -0.307. The van der Waals surface area contributed by atoms with Gasteiger partial charge in [0.1, 0.15) is 17.0 Å². The van der Waals surface area contributed by atoms with Crippen LogP contribution in [-0.4, -0.2) is 17.0 Å². The molecule has 0 atom stereocenters. The highest BCUT2D eigenvalue weighted by atomic mass is 16.5. The second kappa shape index (κ2) is 7.07. The second-order valence-corrected chi connectivity index (χ2v) is 6.63. The number of amides is 2. The maximum absolute atomic E-state index is 12.8. The van der Waals surface area contributed by atoms with Gasteiger partial charge in [-0.05, 0) is 38.0 Å². The first-order valence-electron chi connectivity index (χ1n) is 8.86. The van der Waals surface area contributed by atoms with Crippen molar-refractivity contribution in [2.24, 2.45) is 5.92 Å². The fourth-order valence-corrected chi connectivity index (χ4v) is 2.89. The number of nitrogens with zero attached hydrogens (tertiary/aromatic N) is 1. The SMILES string of the molecule is Cc1onc(-c2ccccc2)c1C(=O)Nc1cccc(NC(=O)C2CC2)c1. The molecule has 0 unspecified atom stereocenters. The van der Waals surface area contributed by atoms with Crippen molar-refractivity contribution in [1.29, 1.82) is 0 Å². The van der Waals surface area contributed by atoms with Crippen LogP contribution in [0.1, 0.15) is 29.0 Å². The summed E-state index contributed by atoms with van der Waals surface area (Å²) in [4.78, 5) is 24.8. The van der Waals surface area contributed by atoms with E-state index in [0.29, 0.717) is 28.4 Å². The normalized spacial score (nSPS) is 13.2. The molecule has 3 aromatic rings. The third-order valence-corrected chi connectivity index (χ3v) is 4.47. The van der Waals surface area contributed by atoms with E-state index in [1.807, 2.05) is 30.3 Å². The number of nitrogens with one attached hydrogen (secondary N) is 2. The third-order valence-electron chi connectivity index (χ3n) is 4.47. The Balaban J connectivity index is 1.55. The van der Waals surface area contributed by atoms with Gasteiger partial charge in [-0.3, -0.25) is 9.59 Å². The molecule has 1 heterocycles. The Morgan fingerprint density at radius 1 is 1.00 bits per heavy atom. The molecule has 136 valence electrons. The quantitative estimate of drug-likeness (QED) is 0.711. The summed E-state index contributed by atoms with van der Waals surface area (Å²) < 4.78 is 5.25. The molecule has 0 aliphatic heterocycles. The number of aromatic nitrogens is 1. The average Bonchev–Trinajstić information content (AvgIpc) is 3.45. The van der Waals surface area contributed by atoms with Crippen LogP contribution in [0.25, 0.3) is 11.3 Å². The number of benzene rings is 2. The molecule has 2 amide bonds. The molecule has 4 rings (SSSR count). The largest absolute Gasteiger partial charge is 0.360 e. The monoisotopic (exact) mass is 361 g/mol. The first-order valence-corrected chi connectivity index (χ1v) is 8.86. The molecule has 0 radical (unpaired) electrons. The summed E-state index contributed by atoms with van der Waals surface area (Å²) in [5.41, 5.74) is 2.96. The zero-order valence-corrected chi connectivity index (χ0v) is 14.9. The summed E-state index contributed by atoms with van der Waals surface area (Å²) in [6, 6.07) is 16.5. The van der Waals surface area contributed by atoms with Gasteiger partial charge in [0, 0.05) is 22.9 Å². The van der Waals surface area contributed by atoms with Gasteiger partial charge in [0.25, 0.3) is 5.91 Å². The Kier molecular flexibility index (Phi) is 4.46. The Labute approximate surface area is 156 Å². The molecule has 2 aromatic carbocycles. The van der Waals surface area contributed by atoms with Gasteiger partial charge in [0.05, 0.1) is 0 Å². The molecule has 1 aliphatic rings. The van der Waals surface area contributed by atoms with Crippen molar-refractivity contribution >= 4 is 23.2 Å². The predicted octanol–water partition coefficient (Wildman–Crippen LogP) is 4.25. The fourth-order valence-electron chi connectivity index (χ4n) is 2.89. The van der Waals surface area contributed by atoms with Crippen LogP contribution < -0.4 is 10.6 Å². The lowest BCUT2D eigenvalue weighted by Gasteiger charge is -2.09. The molecule has 0 saturated heterocycles. The van der Waals surface area contributed by atoms with Gasteiger partial charge >= 0.3 is 0 Å². The number of hydrogen-bond acceptors (Lipinski definition) is 4. The van der Waals surface area contributed by atoms with Crippen molar-refractivity contribution in [2.75, 3.05) is 10.6 Å². The van der Waals surface area contributed by atoms with E-state index in [9.17, 15) is 9.59 Å². The van der Waals surface area contributed by atoms with E-state index >= 15 is 0 Å². The average molecular weight is 361 g/mol. The topological polar surface area (TPSA) is 84.2 Å². The highest BCUT2D eigenvalue weighted by Gasteiger charge is 2.29. The summed E-state index contributed by atoms with van der Waals surface area (Å²) in [6.07, 6.45) is 1.88. The standard InChI is InChI=1S/C21H19N3O3/c1-13-18(19(24-27-13)14-6-3-2-4-7-14)21(26)23-17-9-5-8-16(12-17)22-20(25)15-10-11-15/h2-9,12,15H,10-11H2,1H3,(H,22,25)(H,23,26). The first kappa shape index (κ1) is 17.0. The number of carbonyl (C=O) groups excluding carboxylic acids is 2. The van der Waals surface area contributed by atoms with Crippen molar-refractivity contribution in [3.8, 4) is 11.3 Å². The van der Waals surface area contributed by atoms with Gasteiger partial charge in [-0.25, -0.2) is 0 Å². The van der Waals surface area contributed by atoms with Crippen molar-refractivity contribution in [3.05, 3.63) is 65.9 Å². The van der Waals surface area contributed by atoms with Crippen LogP contribution in [0.5, 0.6) is 0 Å². The van der Waals surface area contributed by atoms with E-state index in [1.165, 1.54) is 0 Å². The van der Waals surface area contributed by atoms with Crippen molar-refractivity contribution in [3.63, 3.8) is 0 Å². The van der Waals surface area contributed by atoms with E-state index in [2.05, 4.69) is 15.8 Å². The highest BCUT2D eigenvalue weighted by Crippen LogP contribution is 2.31. The van der Waals surface area contributed by atoms with Crippen LogP contribution in [0, 0.1) is 12.8 Å². The Morgan fingerprint density at radius 3 is 2.41 bits per heavy atom. The number of rotatable bonds is 5. The second-order valence-electron chi connectivity index (χ2n) is 6.63. The minimum Gasteiger partial charge on any atom is -0.360 e. The zero-order chi connectivity index (χ0) is 18.8. The van der Waals surface area contributed by atoms with Gasteiger partial charge in [-0.1, -0.05) is 41.6 Å². The van der Waals surface area contributed by atoms with E-state index in [0.717, 1.165) is 18.4 Å². The molecule has 1 aliphatic carbocycles. The lowest BCUT2D eigenvalue weighted by atomic mass is 10.1. The Morgan fingerprint density at radius 2 is 1.70 bits per heavy atom. The van der Waals surface area contributed by atoms with Crippen LogP contribution in [-0.2, 0) is 4.79 Å². The Hall–Kier alpha value is -3.41. The molecular weight excluding hydrogens is 342 g/mol. The molecule has 1 fully saturated rings. The zero-order valence-electron chi connectivity index (χ0n) is 14.9. The fraction of sp³-hybridized carbons (Fsp3) is 0.190. The van der Waals surface area contributed by atoms with E-state index in [1.54, 1.807) is 31.2 Å². The molecular formula is C21H19N3O3. The van der Waals surface area contributed by atoms with Crippen molar-refractivity contribution in [2.45, 2.75) is 19.8 Å². The van der Waals surface area contributed by atoms with Crippen LogP contribution in [0.3, 0.4) is 0 Å². The molecule has 1 aromatic heterocycles. The van der Waals surface area contributed by atoms with Crippen LogP contribution in [0.2, 0.25) is 0 Å². The van der Waals surface area contributed by atoms with Gasteiger partial charge in [0.2, 0.25) is 5.91 Å². The van der Waals surface area contributed by atoms with Gasteiger partial charge in [-0.15, -0.1) is 0 Å². The lowest BCUT2D eigenvalue weighted by Crippen LogP contribution is -2.15. The number of carbonyl (C=O) groups is 2. The molecule has 2 N–H and O–H groups in total. The van der Waals surface area contributed by atoms with Gasteiger partial charge in [-0.2, -0.15) is 0 Å². The molecule has 0 spiro atoms. The number of aryl methyl sites for hydroxylation is 1. The molecule has 27 heavy (non-hydrogen) atoms. The highest BCUT2D eigenvalue weighted by molar-refractivity contribution is 6.09. The van der Waals surface area contributed by atoms with E-state index in [4.69, 9.17) is 4.52 Å². The lowest BCUT2D eigenvalue weighted by molar-refractivity contribution is -0.117. The van der Waals surface area contributed by atoms with E-state index in [-0.39, 0.29) is 17.7 Å². The van der Waals surface area contributed by atoms with Crippen molar-refractivity contribution < 1.29 is 14.1 Å². The Bertz CT molecular complexity index is 991. The van der Waals surface area contributed by atoms with Gasteiger partial charge < -0.3 is 15.2 Å². The molecule has 6 nitrogen and oxygen atoms in total. The summed E-state index contributed by atoms with van der Waals surface area (Å²) in [6.45, 7) is 1.71. The molecule has 0 bridgehead atoms. The molecule has 1 saturated carbocycles. The predicted molar refractivity (Wildman–Crippen MR) is 102 cm³/mol. The summed E-state index contributed by atoms with van der Waals surface area (Å²) in [5.74, 6) is 0.291. The minimum absolute atomic E-state index is 0.0275. The maximum atomic E-state index is 12.8. The van der Waals surface area contributed by atoms with Crippen LogP contribution in [0.15, 0.2) is 59.1 Å².